The smallest absolute Gasteiger partial charge is 0.113 e. The molecule has 2 aliphatic rings. The largest absolute Gasteiger partial charge is 0.251 e. The van der Waals surface area contributed by atoms with Crippen molar-refractivity contribution in [3.05, 3.63) is 35.5 Å². The van der Waals surface area contributed by atoms with Crippen LogP contribution < -0.4 is 0 Å². The zero-order valence-corrected chi connectivity index (χ0v) is 11.4. The summed E-state index contributed by atoms with van der Waals surface area (Å²) in [7, 11) is 0. The van der Waals surface area contributed by atoms with E-state index in [0.29, 0.717) is 5.92 Å². The van der Waals surface area contributed by atoms with Crippen molar-refractivity contribution in [1.29, 1.82) is 0 Å². The highest BCUT2D eigenvalue weighted by Crippen LogP contribution is 2.28. The van der Waals surface area contributed by atoms with Gasteiger partial charge >= 0.3 is 0 Å². The van der Waals surface area contributed by atoms with Gasteiger partial charge in [-0.25, -0.2) is 4.89 Å². The summed E-state index contributed by atoms with van der Waals surface area (Å²) in [5.74, 6) is 1.23. The molecule has 0 aromatic heterocycles. The Morgan fingerprint density at radius 3 is 2.72 bits per heavy atom. The molecule has 0 aromatic carbocycles. The maximum atomic E-state index is 8.75. The lowest BCUT2D eigenvalue weighted by Crippen LogP contribution is -2.19. The molecule has 2 rings (SSSR count). The first-order valence-corrected chi connectivity index (χ1v) is 7.01. The predicted octanol–water partition coefficient (Wildman–Crippen LogP) is 4.50. The lowest BCUT2D eigenvalue weighted by Gasteiger charge is -2.24. The first-order chi connectivity index (χ1) is 8.69. The minimum absolute atomic E-state index is 0.0884. The van der Waals surface area contributed by atoms with Crippen molar-refractivity contribution in [3.63, 3.8) is 0 Å². The fraction of sp³-hybridized carbons (Fsp3) is 0.625. The second kappa shape index (κ2) is 6.35. The summed E-state index contributed by atoms with van der Waals surface area (Å²) in [5, 5.41) is 8.75. The van der Waals surface area contributed by atoms with Gasteiger partial charge in [0, 0.05) is 0 Å². The molecule has 0 spiro atoms. The fourth-order valence-corrected chi connectivity index (χ4v) is 2.99. The van der Waals surface area contributed by atoms with E-state index >= 15 is 0 Å². The normalized spacial score (nSPS) is 33.4. The van der Waals surface area contributed by atoms with Crippen LogP contribution >= 0.6 is 0 Å². The van der Waals surface area contributed by atoms with Gasteiger partial charge in [-0.05, 0) is 63.4 Å². The van der Waals surface area contributed by atoms with Crippen molar-refractivity contribution in [2.75, 3.05) is 0 Å². The second-order valence-electron chi connectivity index (χ2n) is 5.72. The quantitative estimate of drug-likeness (QED) is 0.452. The van der Waals surface area contributed by atoms with Gasteiger partial charge in [0.1, 0.15) is 6.10 Å². The van der Waals surface area contributed by atoms with Crippen LogP contribution in [0.4, 0.5) is 0 Å². The minimum atomic E-state index is -0.0884. The minimum Gasteiger partial charge on any atom is -0.251 e. The number of hydrogen-bond acceptors (Lipinski definition) is 2. The Morgan fingerprint density at radius 1 is 1.22 bits per heavy atom. The zero-order valence-electron chi connectivity index (χ0n) is 11.4. The third-order valence-corrected chi connectivity index (χ3v) is 4.12. The van der Waals surface area contributed by atoms with E-state index < -0.39 is 0 Å². The van der Waals surface area contributed by atoms with E-state index in [1.165, 1.54) is 24.8 Å². The van der Waals surface area contributed by atoms with Gasteiger partial charge < -0.3 is 0 Å². The van der Waals surface area contributed by atoms with Crippen molar-refractivity contribution >= 4 is 0 Å². The SMILES string of the molecule is CC1=CCCC(/C=C/C2C=C(C)C(OO)CC2)C1. The maximum Gasteiger partial charge on any atom is 0.113 e. The van der Waals surface area contributed by atoms with E-state index in [-0.39, 0.29) is 6.10 Å². The highest BCUT2D eigenvalue weighted by Gasteiger charge is 2.20. The molecule has 0 aliphatic heterocycles. The van der Waals surface area contributed by atoms with Crippen LogP contribution in [0, 0.1) is 11.8 Å². The van der Waals surface area contributed by atoms with Crippen LogP contribution in [0.1, 0.15) is 46.0 Å². The molecule has 2 heteroatoms. The molecule has 3 atom stereocenters. The Labute approximate surface area is 110 Å². The average molecular weight is 248 g/mol. The average Bonchev–Trinajstić information content (AvgIpc) is 2.37. The van der Waals surface area contributed by atoms with E-state index in [4.69, 9.17) is 5.26 Å². The predicted molar refractivity (Wildman–Crippen MR) is 74.2 cm³/mol. The fourth-order valence-electron chi connectivity index (χ4n) is 2.99. The highest BCUT2D eigenvalue weighted by molar-refractivity contribution is 5.16. The Kier molecular flexibility index (Phi) is 4.79. The van der Waals surface area contributed by atoms with Crippen molar-refractivity contribution in [1.82, 2.24) is 0 Å². The van der Waals surface area contributed by atoms with E-state index in [1.807, 2.05) is 6.92 Å². The van der Waals surface area contributed by atoms with Crippen LogP contribution in [0.25, 0.3) is 0 Å². The van der Waals surface area contributed by atoms with Gasteiger partial charge in [-0.15, -0.1) is 0 Å². The molecule has 3 unspecified atom stereocenters. The molecule has 100 valence electrons. The summed E-state index contributed by atoms with van der Waals surface area (Å²) in [6, 6.07) is 0. The van der Waals surface area contributed by atoms with E-state index in [0.717, 1.165) is 24.3 Å². The molecule has 2 aliphatic carbocycles. The molecule has 2 nitrogen and oxygen atoms in total. The van der Waals surface area contributed by atoms with Gasteiger partial charge in [0.25, 0.3) is 0 Å². The topological polar surface area (TPSA) is 29.5 Å². The molecule has 0 amide bonds. The van der Waals surface area contributed by atoms with Gasteiger partial charge in [0.05, 0.1) is 0 Å². The summed E-state index contributed by atoms with van der Waals surface area (Å²) in [4.78, 5) is 4.46. The first-order valence-electron chi connectivity index (χ1n) is 7.01. The van der Waals surface area contributed by atoms with Crippen LogP contribution in [0.2, 0.25) is 0 Å². The summed E-state index contributed by atoms with van der Waals surface area (Å²) in [6.45, 7) is 4.27. The third kappa shape index (κ3) is 3.56. The van der Waals surface area contributed by atoms with Crippen LogP contribution in [-0.2, 0) is 4.89 Å². The van der Waals surface area contributed by atoms with Crippen molar-refractivity contribution < 1.29 is 10.1 Å². The lowest BCUT2D eigenvalue weighted by atomic mass is 9.85. The molecule has 0 bridgehead atoms. The van der Waals surface area contributed by atoms with Gasteiger partial charge in [0.2, 0.25) is 0 Å². The molecule has 1 N–H and O–H groups in total. The number of allylic oxidation sites excluding steroid dienone is 5. The molecular formula is C16H24O2. The van der Waals surface area contributed by atoms with Crippen molar-refractivity contribution in [3.8, 4) is 0 Å². The Morgan fingerprint density at radius 2 is 2.06 bits per heavy atom. The summed E-state index contributed by atoms with van der Waals surface area (Å²) in [5.41, 5.74) is 2.68. The van der Waals surface area contributed by atoms with Crippen LogP contribution in [0.15, 0.2) is 35.5 Å². The molecule has 0 radical (unpaired) electrons. The maximum absolute atomic E-state index is 8.75. The molecule has 0 saturated heterocycles. The standard InChI is InChI=1S/C16H24O2/c1-12-4-3-5-14(10-12)6-7-15-8-9-16(18-17)13(2)11-15/h4,6-7,11,14-17H,3,5,8-10H2,1-2H3/b7-6+. The zero-order chi connectivity index (χ0) is 13.0. The highest BCUT2D eigenvalue weighted by atomic mass is 17.1. The van der Waals surface area contributed by atoms with Gasteiger partial charge in [-0.1, -0.05) is 29.9 Å². The molecule has 0 aromatic rings. The molecule has 0 heterocycles. The van der Waals surface area contributed by atoms with Gasteiger partial charge in [0.15, 0.2) is 0 Å². The third-order valence-electron chi connectivity index (χ3n) is 4.12. The number of hydrogen-bond donors (Lipinski definition) is 1. The van der Waals surface area contributed by atoms with E-state index in [1.54, 1.807) is 0 Å². The molecule has 0 fully saturated rings. The van der Waals surface area contributed by atoms with Gasteiger partial charge in [-0.2, -0.15) is 0 Å². The first kappa shape index (κ1) is 13.6. The molecular weight excluding hydrogens is 224 g/mol. The van der Waals surface area contributed by atoms with Crippen LogP contribution in [0.3, 0.4) is 0 Å². The monoisotopic (exact) mass is 248 g/mol. The Balaban J connectivity index is 1.90. The molecule has 0 saturated carbocycles. The van der Waals surface area contributed by atoms with E-state index in [9.17, 15) is 0 Å². The summed E-state index contributed by atoms with van der Waals surface area (Å²) >= 11 is 0. The van der Waals surface area contributed by atoms with Crippen LogP contribution in [-0.4, -0.2) is 11.4 Å². The van der Waals surface area contributed by atoms with Crippen LogP contribution in [0.5, 0.6) is 0 Å². The Bertz CT molecular complexity index is 365. The lowest BCUT2D eigenvalue weighted by molar-refractivity contribution is -0.271. The molecule has 18 heavy (non-hydrogen) atoms. The summed E-state index contributed by atoms with van der Waals surface area (Å²) in [6.07, 6.45) is 14.9. The van der Waals surface area contributed by atoms with Crippen molar-refractivity contribution in [2.24, 2.45) is 11.8 Å². The number of rotatable bonds is 3. The van der Waals surface area contributed by atoms with E-state index in [2.05, 4.69) is 36.1 Å². The summed E-state index contributed by atoms with van der Waals surface area (Å²) < 4.78 is 0. The Hall–Kier alpha value is -0.860. The van der Waals surface area contributed by atoms with Crippen molar-refractivity contribution in [2.45, 2.75) is 52.1 Å². The van der Waals surface area contributed by atoms with Gasteiger partial charge in [-0.3, -0.25) is 5.26 Å². The second-order valence-corrected chi connectivity index (χ2v) is 5.72.